The Hall–Kier alpha value is -3.02. The molecule has 96 valence electrons. The minimum absolute atomic E-state index is 0.229. The third-order valence-corrected chi connectivity index (χ3v) is 3.17. The molecule has 4 rings (SSSR count). The van der Waals surface area contributed by atoms with Gasteiger partial charge in [-0.3, -0.25) is 4.79 Å². The Bertz CT molecular complexity index is 925. The summed E-state index contributed by atoms with van der Waals surface area (Å²) >= 11 is 0. The molecule has 0 atom stereocenters. The third kappa shape index (κ3) is 1.45. The first kappa shape index (κ1) is 10.9. The van der Waals surface area contributed by atoms with Crippen LogP contribution in [0.5, 0.6) is 0 Å². The van der Waals surface area contributed by atoms with Crippen LogP contribution in [0.2, 0.25) is 0 Å². The van der Waals surface area contributed by atoms with Crippen molar-refractivity contribution >= 4 is 10.9 Å². The maximum Gasteiger partial charge on any atom is 0.285 e. The summed E-state index contributed by atoms with van der Waals surface area (Å²) in [5.41, 5.74) is 1.87. The van der Waals surface area contributed by atoms with Gasteiger partial charge in [0.15, 0.2) is 0 Å². The van der Waals surface area contributed by atoms with Crippen LogP contribution in [0.15, 0.2) is 53.7 Å². The molecular formula is C14H9N5O. The fourth-order valence-corrected chi connectivity index (χ4v) is 2.25. The van der Waals surface area contributed by atoms with E-state index in [1.54, 1.807) is 24.7 Å². The second kappa shape index (κ2) is 3.99. The molecule has 1 aromatic heterocycles. The number of rotatable bonds is 1. The van der Waals surface area contributed by atoms with E-state index in [-0.39, 0.29) is 11.5 Å². The molecule has 3 heterocycles. The van der Waals surface area contributed by atoms with E-state index in [1.165, 1.54) is 4.68 Å². The van der Waals surface area contributed by atoms with Gasteiger partial charge >= 0.3 is 0 Å². The summed E-state index contributed by atoms with van der Waals surface area (Å²) < 4.78 is 1.23. The number of nitrogens with one attached hydrogen (secondary N) is 1. The zero-order chi connectivity index (χ0) is 13.5. The minimum Gasteiger partial charge on any atom is -0.360 e. The lowest BCUT2D eigenvalue weighted by atomic mass is 10.1. The van der Waals surface area contributed by atoms with Crippen LogP contribution in [-0.4, -0.2) is 24.7 Å². The summed E-state index contributed by atoms with van der Waals surface area (Å²) in [6.45, 7) is 0. The number of nitrogens with zero attached hydrogens (tertiary/aromatic N) is 4. The van der Waals surface area contributed by atoms with Crippen LogP contribution in [0.25, 0.3) is 28.1 Å². The predicted molar refractivity (Wildman–Crippen MR) is 73.9 cm³/mol. The average molecular weight is 263 g/mol. The van der Waals surface area contributed by atoms with Crippen LogP contribution in [-0.2, 0) is 0 Å². The van der Waals surface area contributed by atoms with Gasteiger partial charge in [0.2, 0.25) is 0 Å². The molecule has 0 fully saturated rings. The van der Waals surface area contributed by atoms with E-state index >= 15 is 0 Å². The van der Waals surface area contributed by atoms with Crippen molar-refractivity contribution in [3.05, 3.63) is 59.3 Å². The van der Waals surface area contributed by atoms with Gasteiger partial charge in [0.1, 0.15) is 5.69 Å². The summed E-state index contributed by atoms with van der Waals surface area (Å²) in [6, 6.07) is 9.41. The molecule has 0 saturated carbocycles. The molecule has 6 nitrogen and oxygen atoms in total. The van der Waals surface area contributed by atoms with Crippen LogP contribution < -0.4 is 5.56 Å². The summed E-state index contributed by atoms with van der Waals surface area (Å²) in [6.07, 6.45) is 4.84. The van der Waals surface area contributed by atoms with Gasteiger partial charge in [-0.05, 0) is 12.1 Å². The monoisotopic (exact) mass is 263 g/mol. The number of aromatic amines is 1. The molecule has 0 spiro atoms. The Morgan fingerprint density at radius 1 is 1.05 bits per heavy atom. The molecule has 1 N–H and O–H groups in total. The minimum atomic E-state index is -0.229. The first-order valence-corrected chi connectivity index (χ1v) is 6.11. The smallest absolute Gasteiger partial charge is 0.285 e. The summed E-state index contributed by atoms with van der Waals surface area (Å²) in [5.74, 6) is 0.276. The van der Waals surface area contributed by atoms with Gasteiger partial charge in [0.05, 0.1) is 5.56 Å². The van der Waals surface area contributed by atoms with Crippen molar-refractivity contribution < 1.29 is 0 Å². The van der Waals surface area contributed by atoms with Crippen molar-refractivity contribution in [1.82, 2.24) is 24.7 Å². The number of pyridine rings is 1. The van der Waals surface area contributed by atoms with Gasteiger partial charge in [0, 0.05) is 29.5 Å². The molecule has 0 aliphatic carbocycles. The molecule has 20 heavy (non-hydrogen) atoms. The highest BCUT2D eigenvalue weighted by Gasteiger charge is 2.19. The van der Waals surface area contributed by atoms with Crippen molar-refractivity contribution in [2.45, 2.75) is 0 Å². The quantitative estimate of drug-likeness (QED) is 0.566. The molecule has 0 amide bonds. The zero-order valence-electron chi connectivity index (χ0n) is 10.3. The molecule has 2 aromatic rings. The number of hydrogen-bond acceptors (Lipinski definition) is 4. The van der Waals surface area contributed by atoms with Crippen LogP contribution in [0.4, 0.5) is 0 Å². The summed E-state index contributed by atoms with van der Waals surface area (Å²) in [5, 5.41) is 5.27. The Morgan fingerprint density at radius 3 is 2.70 bits per heavy atom. The lowest BCUT2D eigenvalue weighted by molar-refractivity contribution is 0.790. The number of fused-ring (bicyclic) bond motifs is 3. The van der Waals surface area contributed by atoms with Crippen molar-refractivity contribution in [2.24, 2.45) is 0 Å². The lowest BCUT2D eigenvalue weighted by Gasteiger charge is -2.01. The molecule has 1 aromatic carbocycles. The van der Waals surface area contributed by atoms with E-state index < -0.39 is 0 Å². The Labute approximate surface area is 113 Å². The van der Waals surface area contributed by atoms with Gasteiger partial charge in [-0.25, -0.2) is 9.97 Å². The molecule has 0 unspecified atom stereocenters. The maximum atomic E-state index is 12.4. The van der Waals surface area contributed by atoms with Gasteiger partial charge in [-0.15, -0.1) is 0 Å². The number of para-hydroxylation sites is 1. The van der Waals surface area contributed by atoms with Gasteiger partial charge < -0.3 is 4.98 Å². The second-order valence-electron chi connectivity index (χ2n) is 4.36. The van der Waals surface area contributed by atoms with E-state index in [1.807, 2.05) is 24.3 Å². The second-order valence-corrected chi connectivity index (χ2v) is 4.36. The van der Waals surface area contributed by atoms with Gasteiger partial charge in [-0.2, -0.15) is 9.78 Å². The highest BCUT2D eigenvalue weighted by molar-refractivity contribution is 5.93. The predicted octanol–water partition coefficient (Wildman–Crippen LogP) is 1.61. The van der Waals surface area contributed by atoms with E-state index in [9.17, 15) is 4.79 Å². The summed E-state index contributed by atoms with van der Waals surface area (Å²) in [4.78, 5) is 23.6. The first-order chi connectivity index (χ1) is 9.84. The normalized spacial score (nSPS) is 11.2. The number of H-pyrrole nitrogens is 1. The Morgan fingerprint density at radius 2 is 1.85 bits per heavy atom. The number of benzene rings is 1. The van der Waals surface area contributed by atoms with Crippen LogP contribution in [0.1, 0.15) is 0 Å². The molecule has 0 radical (unpaired) electrons. The van der Waals surface area contributed by atoms with Crippen molar-refractivity contribution in [1.29, 1.82) is 0 Å². The van der Waals surface area contributed by atoms with E-state index in [0.29, 0.717) is 11.3 Å². The van der Waals surface area contributed by atoms with Crippen LogP contribution in [0.3, 0.4) is 0 Å². The first-order valence-electron chi connectivity index (χ1n) is 6.11. The largest absolute Gasteiger partial charge is 0.360 e. The van der Waals surface area contributed by atoms with Crippen molar-refractivity contribution in [3.63, 3.8) is 0 Å². The van der Waals surface area contributed by atoms with Crippen molar-refractivity contribution in [3.8, 4) is 17.2 Å². The molecule has 0 bridgehead atoms. The van der Waals surface area contributed by atoms with E-state index in [4.69, 9.17) is 0 Å². The topological polar surface area (TPSA) is 76.5 Å². The highest BCUT2D eigenvalue weighted by atomic mass is 16.1. The number of aromatic nitrogens is 5. The van der Waals surface area contributed by atoms with E-state index in [0.717, 1.165) is 10.9 Å². The molecule has 0 saturated heterocycles. The Kier molecular flexibility index (Phi) is 2.17. The molecule has 6 heteroatoms. The summed E-state index contributed by atoms with van der Waals surface area (Å²) in [7, 11) is 0. The fraction of sp³-hybridized carbons (Fsp3) is 0. The average Bonchev–Trinajstić information content (AvgIpc) is 2.86. The molecule has 2 aliphatic heterocycles. The maximum absolute atomic E-state index is 12.4. The van der Waals surface area contributed by atoms with Gasteiger partial charge in [-0.1, -0.05) is 18.2 Å². The fourth-order valence-electron chi connectivity index (χ4n) is 2.25. The van der Waals surface area contributed by atoms with Crippen molar-refractivity contribution in [2.75, 3.05) is 0 Å². The van der Waals surface area contributed by atoms with Crippen LogP contribution >= 0.6 is 0 Å². The van der Waals surface area contributed by atoms with Crippen LogP contribution in [0, 0.1) is 0 Å². The lowest BCUT2D eigenvalue weighted by Crippen LogP contribution is -2.16. The number of hydrogen-bond donors (Lipinski definition) is 1. The van der Waals surface area contributed by atoms with E-state index in [2.05, 4.69) is 20.1 Å². The standard InChI is InChI=1S/C14H9N5O/c20-13-10-8-17-11-5-2-1-4-9(11)12(10)18-19(13)14-15-6-3-7-16-14/h1-8,17H. The SMILES string of the molecule is O=c1c2c[nH]c3ccccc3c-2nn1-c1ncccn1. The van der Waals surface area contributed by atoms with Gasteiger partial charge in [0.25, 0.3) is 11.5 Å². The highest BCUT2D eigenvalue weighted by Crippen LogP contribution is 2.24. The molecular weight excluding hydrogens is 254 g/mol. The Balaban J connectivity index is 2.10. The zero-order valence-corrected chi connectivity index (χ0v) is 10.3. The molecule has 2 aliphatic rings. The third-order valence-electron chi connectivity index (χ3n) is 3.17.